The van der Waals surface area contributed by atoms with Gasteiger partial charge in [-0.2, -0.15) is 0 Å². The normalized spacial score (nSPS) is 15.9. The molecule has 0 amide bonds. The van der Waals surface area contributed by atoms with Crippen molar-refractivity contribution >= 4 is 11.4 Å². The Labute approximate surface area is 277 Å². The van der Waals surface area contributed by atoms with Crippen molar-refractivity contribution in [3.63, 3.8) is 0 Å². The first kappa shape index (κ1) is 33.4. The van der Waals surface area contributed by atoms with Gasteiger partial charge in [-0.1, -0.05) is 89.0 Å². The van der Waals surface area contributed by atoms with Crippen molar-refractivity contribution in [3.05, 3.63) is 106 Å². The molecule has 4 nitrogen and oxygen atoms in total. The SMILES string of the molecule is CCCCCCCCC1CCCC(c2cc(C)c(Oc3ccc(N)cc3)c(C)c2)(c2cc(C)c(Oc3ccc(N)cc3)c(C)c2)C1. The Bertz CT molecular complexity index is 1440. The predicted molar refractivity (Wildman–Crippen MR) is 194 cm³/mol. The first-order valence-electron chi connectivity index (χ1n) is 17.5. The molecule has 4 N–H and O–H groups in total. The van der Waals surface area contributed by atoms with Crippen LogP contribution in [0.2, 0.25) is 0 Å². The van der Waals surface area contributed by atoms with Gasteiger partial charge in [-0.3, -0.25) is 0 Å². The number of ether oxygens (including phenoxy) is 2. The van der Waals surface area contributed by atoms with Crippen LogP contribution in [0.25, 0.3) is 0 Å². The van der Waals surface area contributed by atoms with Gasteiger partial charge in [0.25, 0.3) is 0 Å². The maximum atomic E-state index is 6.43. The van der Waals surface area contributed by atoms with Gasteiger partial charge in [0.1, 0.15) is 23.0 Å². The number of rotatable bonds is 13. The van der Waals surface area contributed by atoms with E-state index in [9.17, 15) is 0 Å². The molecule has 0 heterocycles. The first-order valence-corrected chi connectivity index (χ1v) is 17.5. The maximum absolute atomic E-state index is 6.43. The molecule has 244 valence electrons. The van der Waals surface area contributed by atoms with E-state index in [1.54, 1.807) is 0 Å². The highest BCUT2D eigenvalue weighted by Crippen LogP contribution is 2.51. The molecule has 1 saturated carbocycles. The summed E-state index contributed by atoms with van der Waals surface area (Å²) in [4.78, 5) is 0. The number of anilines is 2. The summed E-state index contributed by atoms with van der Waals surface area (Å²) in [6, 6.07) is 24.9. The molecule has 0 spiro atoms. The van der Waals surface area contributed by atoms with Crippen LogP contribution in [-0.4, -0.2) is 0 Å². The Hall–Kier alpha value is -3.92. The zero-order chi connectivity index (χ0) is 32.7. The van der Waals surface area contributed by atoms with Crippen molar-refractivity contribution < 1.29 is 9.47 Å². The average molecular weight is 619 g/mol. The molecule has 1 atom stereocenters. The summed E-state index contributed by atoms with van der Waals surface area (Å²) in [5.41, 5.74) is 20.8. The zero-order valence-electron chi connectivity index (χ0n) is 28.8. The van der Waals surface area contributed by atoms with E-state index < -0.39 is 0 Å². The second-order valence-corrected chi connectivity index (χ2v) is 13.8. The quantitative estimate of drug-likeness (QED) is 0.115. The molecule has 1 unspecified atom stereocenters. The molecular weight excluding hydrogens is 564 g/mol. The van der Waals surface area contributed by atoms with E-state index in [1.165, 1.54) is 97.6 Å². The monoisotopic (exact) mass is 618 g/mol. The van der Waals surface area contributed by atoms with Gasteiger partial charge < -0.3 is 20.9 Å². The average Bonchev–Trinajstić information content (AvgIpc) is 3.04. The van der Waals surface area contributed by atoms with Crippen molar-refractivity contribution in [2.24, 2.45) is 5.92 Å². The van der Waals surface area contributed by atoms with Crippen molar-refractivity contribution in [3.8, 4) is 23.0 Å². The summed E-state index contributed by atoms with van der Waals surface area (Å²) in [7, 11) is 0. The largest absolute Gasteiger partial charge is 0.457 e. The van der Waals surface area contributed by atoms with E-state index >= 15 is 0 Å². The number of nitrogens with two attached hydrogens (primary N) is 2. The van der Waals surface area contributed by atoms with Gasteiger partial charge in [0, 0.05) is 16.8 Å². The Morgan fingerprint density at radius 2 is 1.07 bits per heavy atom. The molecule has 0 saturated heterocycles. The Balaban J connectivity index is 1.49. The first-order chi connectivity index (χ1) is 22.2. The lowest BCUT2D eigenvalue weighted by Crippen LogP contribution is -2.35. The Kier molecular flexibility index (Phi) is 11.0. The van der Waals surface area contributed by atoms with Crippen molar-refractivity contribution in [1.29, 1.82) is 0 Å². The molecule has 5 rings (SSSR count). The second kappa shape index (κ2) is 15.1. The molecule has 4 aromatic carbocycles. The summed E-state index contributed by atoms with van der Waals surface area (Å²) in [6.07, 6.45) is 14.3. The van der Waals surface area contributed by atoms with Crippen LogP contribution in [-0.2, 0) is 5.41 Å². The lowest BCUT2D eigenvalue weighted by atomic mass is 9.61. The summed E-state index contributed by atoms with van der Waals surface area (Å²) >= 11 is 0. The highest BCUT2D eigenvalue weighted by atomic mass is 16.5. The number of benzene rings is 4. The molecular formula is C42H54N2O2. The minimum Gasteiger partial charge on any atom is -0.457 e. The highest BCUT2D eigenvalue weighted by molar-refractivity contribution is 5.55. The van der Waals surface area contributed by atoms with Crippen molar-refractivity contribution in [2.45, 2.75) is 111 Å². The maximum Gasteiger partial charge on any atom is 0.133 e. The third kappa shape index (κ3) is 7.89. The van der Waals surface area contributed by atoms with Crippen molar-refractivity contribution in [2.75, 3.05) is 11.5 Å². The number of hydrogen-bond donors (Lipinski definition) is 2. The molecule has 0 aromatic heterocycles. The third-order valence-corrected chi connectivity index (χ3v) is 10.0. The molecule has 4 heteroatoms. The number of nitrogen functional groups attached to an aromatic ring is 2. The van der Waals surface area contributed by atoms with Crippen LogP contribution in [0.1, 0.15) is 111 Å². The summed E-state index contributed by atoms with van der Waals surface area (Å²) in [6.45, 7) is 11.0. The minimum atomic E-state index is -0.0599. The number of hydrogen-bond acceptors (Lipinski definition) is 4. The van der Waals surface area contributed by atoms with Gasteiger partial charge in [-0.15, -0.1) is 0 Å². The fourth-order valence-corrected chi connectivity index (χ4v) is 7.62. The van der Waals surface area contributed by atoms with E-state index in [4.69, 9.17) is 20.9 Å². The van der Waals surface area contributed by atoms with Crippen LogP contribution in [0.5, 0.6) is 23.0 Å². The molecule has 1 aliphatic rings. The smallest absolute Gasteiger partial charge is 0.133 e. The van der Waals surface area contributed by atoms with E-state index in [-0.39, 0.29) is 5.41 Å². The molecule has 4 aromatic rings. The van der Waals surface area contributed by atoms with E-state index in [1.807, 2.05) is 48.5 Å². The topological polar surface area (TPSA) is 70.5 Å². The van der Waals surface area contributed by atoms with Crippen LogP contribution in [0.3, 0.4) is 0 Å². The fraction of sp³-hybridized carbons (Fsp3) is 0.429. The number of aryl methyl sites for hydroxylation is 4. The van der Waals surface area contributed by atoms with Crippen LogP contribution in [0, 0.1) is 33.6 Å². The minimum absolute atomic E-state index is 0.0599. The summed E-state index contributed by atoms with van der Waals surface area (Å²) < 4.78 is 12.9. The van der Waals surface area contributed by atoms with Crippen LogP contribution >= 0.6 is 0 Å². The Morgan fingerprint density at radius 1 is 0.630 bits per heavy atom. The fourth-order valence-electron chi connectivity index (χ4n) is 7.62. The Morgan fingerprint density at radius 3 is 1.52 bits per heavy atom. The standard InChI is InChI=1S/C42H54N2O2/c1-6-7-8-9-10-11-13-33-14-12-23-42(28-33,34-24-29(2)40(30(3)25-34)45-38-19-15-36(43)16-20-38)35-26-31(4)41(32(5)27-35)46-39-21-17-37(44)18-22-39/h15-22,24-27,33H,6-14,23,28,43-44H2,1-5H3. The van der Waals surface area contributed by atoms with Gasteiger partial charge >= 0.3 is 0 Å². The summed E-state index contributed by atoms with van der Waals surface area (Å²) in [5.74, 6) is 4.20. The lowest BCUT2D eigenvalue weighted by molar-refractivity contribution is 0.240. The van der Waals surface area contributed by atoms with Gasteiger partial charge in [0.15, 0.2) is 0 Å². The van der Waals surface area contributed by atoms with Crippen molar-refractivity contribution in [1.82, 2.24) is 0 Å². The van der Waals surface area contributed by atoms with Crippen LogP contribution < -0.4 is 20.9 Å². The molecule has 0 bridgehead atoms. The molecule has 0 aliphatic heterocycles. The lowest BCUT2D eigenvalue weighted by Gasteiger charge is -2.43. The van der Waals surface area contributed by atoms with E-state index in [0.717, 1.165) is 46.7 Å². The van der Waals surface area contributed by atoms with Gasteiger partial charge in [-0.05, 0) is 128 Å². The summed E-state index contributed by atoms with van der Waals surface area (Å²) in [5, 5.41) is 0. The zero-order valence-corrected chi connectivity index (χ0v) is 28.8. The van der Waals surface area contributed by atoms with Crippen LogP contribution in [0.15, 0.2) is 72.8 Å². The molecule has 1 aliphatic carbocycles. The second-order valence-electron chi connectivity index (χ2n) is 13.8. The molecule has 1 fully saturated rings. The van der Waals surface area contributed by atoms with Gasteiger partial charge in [-0.25, -0.2) is 0 Å². The van der Waals surface area contributed by atoms with Gasteiger partial charge in [0.2, 0.25) is 0 Å². The molecule has 0 radical (unpaired) electrons. The highest BCUT2D eigenvalue weighted by Gasteiger charge is 2.40. The predicted octanol–water partition coefficient (Wildman–Crippen LogP) is 11.9. The van der Waals surface area contributed by atoms with E-state index in [2.05, 4.69) is 58.9 Å². The van der Waals surface area contributed by atoms with E-state index in [0.29, 0.717) is 0 Å². The molecule has 46 heavy (non-hydrogen) atoms. The number of unbranched alkanes of at least 4 members (excludes halogenated alkanes) is 5. The van der Waals surface area contributed by atoms with Gasteiger partial charge in [0.05, 0.1) is 0 Å². The van der Waals surface area contributed by atoms with Crippen LogP contribution in [0.4, 0.5) is 11.4 Å². The third-order valence-electron chi connectivity index (χ3n) is 10.0.